The zero-order valence-electron chi connectivity index (χ0n) is 12.9. The van der Waals surface area contributed by atoms with E-state index in [1.165, 1.54) is 17.5 Å². The molecule has 4 heteroatoms. The van der Waals surface area contributed by atoms with E-state index in [-0.39, 0.29) is 24.5 Å². The highest BCUT2D eigenvalue weighted by atomic mass is 16.5. The van der Waals surface area contributed by atoms with Crippen LogP contribution in [0.25, 0.3) is 0 Å². The summed E-state index contributed by atoms with van der Waals surface area (Å²) in [5.74, 6) is 0.907. The second kappa shape index (κ2) is 7.46. The van der Waals surface area contributed by atoms with Crippen molar-refractivity contribution in [1.82, 2.24) is 5.32 Å². The van der Waals surface area contributed by atoms with E-state index in [2.05, 4.69) is 11.4 Å². The molecular formula is C17H25NO3. The highest BCUT2D eigenvalue weighted by Gasteiger charge is 2.12. The number of amides is 1. The normalized spacial score (nSPS) is 16.1. The molecule has 0 aromatic heterocycles. The number of ether oxygens (including phenoxy) is 1. The van der Waals surface area contributed by atoms with E-state index in [0.717, 1.165) is 18.6 Å². The third-order valence-electron chi connectivity index (χ3n) is 3.83. The molecule has 0 radical (unpaired) electrons. The largest absolute Gasteiger partial charge is 0.484 e. The molecule has 0 heterocycles. The molecular weight excluding hydrogens is 266 g/mol. The van der Waals surface area contributed by atoms with Gasteiger partial charge in [0.15, 0.2) is 6.61 Å². The molecule has 0 fully saturated rings. The first-order valence-electron chi connectivity index (χ1n) is 7.74. The van der Waals surface area contributed by atoms with Gasteiger partial charge in [-0.15, -0.1) is 0 Å². The molecule has 0 spiro atoms. The average Bonchev–Trinajstić information content (AvgIpc) is 2.89. The van der Waals surface area contributed by atoms with Crippen LogP contribution in [-0.4, -0.2) is 30.3 Å². The molecule has 2 rings (SSSR count). The first kappa shape index (κ1) is 15.8. The van der Waals surface area contributed by atoms with Gasteiger partial charge in [0.05, 0.1) is 6.10 Å². The summed E-state index contributed by atoms with van der Waals surface area (Å²) < 4.78 is 5.55. The maximum Gasteiger partial charge on any atom is 0.257 e. The van der Waals surface area contributed by atoms with Gasteiger partial charge in [-0.25, -0.2) is 0 Å². The first-order valence-corrected chi connectivity index (χ1v) is 7.74. The Hall–Kier alpha value is -1.55. The highest BCUT2D eigenvalue weighted by Crippen LogP contribution is 2.25. The minimum atomic E-state index is -0.334. The van der Waals surface area contributed by atoms with Gasteiger partial charge in [-0.3, -0.25) is 4.79 Å². The predicted molar refractivity (Wildman–Crippen MR) is 82.4 cm³/mol. The molecule has 0 aliphatic heterocycles. The lowest BCUT2D eigenvalue weighted by atomic mass is 10.1. The number of carbonyl (C=O) groups is 1. The van der Waals surface area contributed by atoms with Crippen LogP contribution >= 0.6 is 0 Å². The predicted octanol–water partition coefficient (Wildman–Crippen LogP) is 2.08. The van der Waals surface area contributed by atoms with Crippen LogP contribution in [0, 0.1) is 5.92 Å². The van der Waals surface area contributed by atoms with Gasteiger partial charge >= 0.3 is 0 Å². The fraction of sp³-hybridized carbons (Fsp3) is 0.588. The van der Waals surface area contributed by atoms with Crippen LogP contribution < -0.4 is 10.1 Å². The van der Waals surface area contributed by atoms with Crippen LogP contribution in [0.5, 0.6) is 5.75 Å². The summed E-state index contributed by atoms with van der Waals surface area (Å²) >= 11 is 0. The van der Waals surface area contributed by atoms with E-state index in [1.807, 2.05) is 19.1 Å². The van der Waals surface area contributed by atoms with Gasteiger partial charge < -0.3 is 15.2 Å². The Morgan fingerprint density at radius 3 is 2.86 bits per heavy atom. The standard InChI is InChI=1S/C17H25NO3/c1-12(8-13(2)19)10-18-17(20)11-21-16-7-6-14-4-3-5-15(14)9-16/h6-7,9,12-13,19H,3-5,8,10-11H2,1-2H3,(H,18,20). The van der Waals surface area contributed by atoms with Gasteiger partial charge in [0, 0.05) is 6.54 Å². The molecule has 0 saturated heterocycles. The maximum absolute atomic E-state index is 11.7. The molecule has 2 unspecified atom stereocenters. The number of nitrogens with one attached hydrogen (secondary N) is 1. The van der Waals surface area contributed by atoms with Crippen molar-refractivity contribution in [1.29, 1.82) is 0 Å². The van der Waals surface area contributed by atoms with Gasteiger partial charge in [0.25, 0.3) is 5.91 Å². The van der Waals surface area contributed by atoms with Crippen molar-refractivity contribution in [2.45, 2.75) is 45.6 Å². The van der Waals surface area contributed by atoms with Crippen molar-refractivity contribution in [3.8, 4) is 5.75 Å². The molecule has 1 aliphatic rings. The molecule has 2 atom stereocenters. The van der Waals surface area contributed by atoms with Crippen molar-refractivity contribution in [2.75, 3.05) is 13.2 Å². The van der Waals surface area contributed by atoms with Crippen LogP contribution in [0.15, 0.2) is 18.2 Å². The summed E-state index contributed by atoms with van der Waals surface area (Å²) in [5.41, 5.74) is 2.75. The molecule has 0 saturated carbocycles. The molecule has 4 nitrogen and oxygen atoms in total. The SMILES string of the molecule is CC(O)CC(C)CNC(=O)COc1ccc2c(c1)CCC2. The second-order valence-corrected chi connectivity index (χ2v) is 6.07. The van der Waals surface area contributed by atoms with E-state index >= 15 is 0 Å². The molecule has 21 heavy (non-hydrogen) atoms. The van der Waals surface area contributed by atoms with Crippen molar-refractivity contribution in [2.24, 2.45) is 5.92 Å². The molecule has 1 aromatic rings. The van der Waals surface area contributed by atoms with Gasteiger partial charge in [-0.2, -0.15) is 0 Å². The second-order valence-electron chi connectivity index (χ2n) is 6.07. The van der Waals surface area contributed by atoms with E-state index in [0.29, 0.717) is 13.0 Å². The monoisotopic (exact) mass is 291 g/mol. The Bertz CT molecular complexity index is 485. The minimum Gasteiger partial charge on any atom is -0.484 e. The number of hydrogen-bond donors (Lipinski definition) is 2. The lowest BCUT2D eigenvalue weighted by molar-refractivity contribution is -0.123. The van der Waals surface area contributed by atoms with E-state index in [1.54, 1.807) is 6.92 Å². The van der Waals surface area contributed by atoms with Crippen LogP contribution in [0.4, 0.5) is 0 Å². The van der Waals surface area contributed by atoms with Gasteiger partial charge in [0.2, 0.25) is 0 Å². The van der Waals surface area contributed by atoms with Crippen LogP contribution in [0.2, 0.25) is 0 Å². The number of fused-ring (bicyclic) bond motifs is 1. The van der Waals surface area contributed by atoms with Gasteiger partial charge in [-0.05, 0) is 61.8 Å². The zero-order chi connectivity index (χ0) is 15.2. The highest BCUT2D eigenvalue weighted by molar-refractivity contribution is 5.77. The Balaban J connectivity index is 1.71. The number of rotatable bonds is 7. The number of benzene rings is 1. The minimum absolute atomic E-state index is 0.0419. The molecule has 1 aliphatic carbocycles. The maximum atomic E-state index is 11.7. The number of aliphatic hydroxyl groups excluding tert-OH is 1. The molecule has 0 bridgehead atoms. The molecule has 1 amide bonds. The van der Waals surface area contributed by atoms with Crippen molar-refractivity contribution < 1.29 is 14.6 Å². The van der Waals surface area contributed by atoms with Crippen LogP contribution in [0.1, 0.15) is 37.8 Å². The first-order chi connectivity index (χ1) is 10.0. The summed E-state index contributed by atoms with van der Waals surface area (Å²) in [6.45, 7) is 4.38. The number of aryl methyl sites for hydroxylation is 2. The molecule has 2 N–H and O–H groups in total. The summed E-state index contributed by atoms with van der Waals surface area (Å²) in [7, 11) is 0. The fourth-order valence-electron chi connectivity index (χ4n) is 2.79. The third kappa shape index (κ3) is 5.05. The summed E-state index contributed by atoms with van der Waals surface area (Å²) in [6.07, 6.45) is 3.82. The number of aliphatic hydroxyl groups is 1. The van der Waals surface area contributed by atoms with Crippen molar-refractivity contribution in [3.05, 3.63) is 29.3 Å². The quantitative estimate of drug-likeness (QED) is 0.808. The molecule has 1 aromatic carbocycles. The van der Waals surface area contributed by atoms with E-state index in [9.17, 15) is 9.90 Å². The van der Waals surface area contributed by atoms with E-state index in [4.69, 9.17) is 4.74 Å². The summed E-state index contributed by atoms with van der Waals surface area (Å²) in [5, 5.41) is 12.1. The smallest absolute Gasteiger partial charge is 0.257 e. The summed E-state index contributed by atoms with van der Waals surface area (Å²) in [4.78, 5) is 11.7. The Morgan fingerprint density at radius 2 is 2.10 bits per heavy atom. The Labute approximate surface area is 126 Å². The average molecular weight is 291 g/mol. The van der Waals surface area contributed by atoms with Gasteiger partial charge in [0.1, 0.15) is 5.75 Å². The lowest BCUT2D eigenvalue weighted by Gasteiger charge is -2.14. The van der Waals surface area contributed by atoms with Crippen molar-refractivity contribution in [3.63, 3.8) is 0 Å². The zero-order valence-corrected chi connectivity index (χ0v) is 12.9. The Morgan fingerprint density at radius 1 is 1.33 bits per heavy atom. The third-order valence-corrected chi connectivity index (χ3v) is 3.83. The van der Waals surface area contributed by atoms with Crippen molar-refractivity contribution >= 4 is 5.91 Å². The molecule has 116 valence electrons. The van der Waals surface area contributed by atoms with E-state index < -0.39 is 0 Å². The van der Waals surface area contributed by atoms with Crippen LogP contribution in [0.3, 0.4) is 0 Å². The topological polar surface area (TPSA) is 58.6 Å². The van der Waals surface area contributed by atoms with Gasteiger partial charge in [-0.1, -0.05) is 13.0 Å². The fourth-order valence-corrected chi connectivity index (χ4v) is 2.79. The number of carbonyl (C=O) groups excluding carboxylic acids is 1. The Kier molecular flexibility index (Phi) is 5.62. The summed E-state index contributed by atoms with van der Waals surface area (Å²) in [6, 6.07) is 6.08. The lowest BCUT2D eigenvalue weighted by Crippen LogP contribution is -2.33. The number of hydrogen-bond acceptors (Lipinski definition) is 3. The van der Waals surface area contributed by atoms with Crippen LogP contribution in [-0.2, 0) is 17.6 Å².